The number of hydrogen-bond donors (Lipinski definition) is 5. The van der Waals surface area contributed by atoms with Crippen molar-refractivity contribution in [2.75, 3.05) is 0 Å². The summed E-state index contributed by atoms with van der Waals surface area (Å²) in [5, 5.41) is 17.5. The van der Waals surface area contributed by atoms with Gasteiger partial charge in [-0.2, -0.15) is 0 Å². The number of carboxylic acids is 1. The lowest BCUT2D eigenvalue weighted by atomic mass is 10.1. The van der Waals surface area contributed by atoms with E-state index >= 15 is 0 Å². The molecule has 0 saturated heterocycles. The second kappa shape index (κ2) is 7.07. The molecule has 1 atom stereocenters. The standard InChI is InChI=1S/C9H11NO3.CH4N2O/c10-8(9(12)13)5-6-1-3-7(11)4-2-6;2-1(3)4/h1-4,8,11H,5,10H2,(H,12,13);(H4,2,3,4). The zero-order valence-electron chi connectivity index (χ0n) is 9.04. The van der Waals surface area contributed by atoms with Crippen LogP contribution in [-0.4, -0.2) is 28.3 Å². The number of carboxylic acid groups (broad SMARTS) is 1. The number of phenols is 1. The maximum atomic E-state index is 10.4. The largest absolute Gasteiger partial charge is 0.508 e. The van der Waals surface area contributed by atoms with E-state index in [9.17, 15) is 4.79 Å². The summed E-state index contributed by atoms with van der Waals surface area (Å²) in [5.41, 5.74) is 14.6. The molecule has 1 aromatic rings. The summed E-state index contributed by atoms with van der Waals surface area (Å²) in [6.07, 6.45) is 0.273. The van der Waals surface area contributed by atoms with E-state index in [2.05, 4.69) is 11.5 Å². The SMILES string of the molecule is NC(Cc1ccc(O)cc1)C(=O)O.NC(N)=O. The molecule has 1 unspecified atom stereocenters. The van der Waals surface area contributed by atoms with Gasteiger partial charge in [-0.15, -0.1) is 0 Å². The second-order valence-corrected chi connectivity index (χ2v) is 3.22. The molecule has 7 nitrogen and oxygen atoms in total. The first-order valence-corrected chi connectivity index (χ1v) is 4.64. The normalized spacial score (nSPS) is 10.9. The van der Waals surface area contributed by atoms with E-state index in [1.54, 1.807) is 12.1 Å². The zero-order chi connectivity index (χ0) is 13.4. The molecule has 2 amide bonds. The molecule has 0 aromatic heterocycles. The van der Waals surface area contributed by atoms with E-state index in [1.165, 1.54) is 12.1 Å². The van der Waals surface area contributed by atoms with Gasteiger partial charge in [-0.05, 0) is 24.1 Å². The molecule has 0 bridgehead atoms. The number of amides is 2. The van der Waals surface area contributed by atoms with Gasteiger partial charge in [0.2, 0.25) is 0 Å². The molecule has 0 heterocycles. The van der Waals surface area contributed by atoms with Gasteiger partial charge in [-0.25, -0.2) is 4.79 Å². The average molecular weight is 241 g/mol. The molecule has 0 aliphatic heterocycles. The summed E-state index contributed by atoms with van der Waals surface area (Å²) >= 11 is 0. The lowest BCUT2D eigenvalue weighted by Crippen LogP contribution is -2.32. The topological polar surface area (TPSA) is 153 Å². The summed E-state index contributed by atoms with van der Waals surface area (Å²) in [6, 6.07) is 4.59. The lowest BCUT2D eigenvalue weighted by molar-refractivity contribution is -0.138. The summed E-state index contributed by atoms with van der Waals surface area (Å²) in [7, 11) is 0. The summed E-state index contributed by atoms with van der Waals surface area (Å²) in [5.74, 6) is -0.860. The number of primary amides is 2. The molecule has 0 aliphatic carbocycles. The van der Waals surface area contributed by atoms with Crippen molar-refractivity contribution < 1.29 is 19.8 Å². The number of carbonyl (C=O) groups excluding carboxylic acids is 1. The van der Waals surface area contributed by atoms with Crippen molar-refractivity contribution >= 4 is 12.0 Å². The number of benzene rings is 1. The fourth-order valence-electron chi connectivity index (χ4n) is 0.973. The fraction of sp³-hybridized carbons (Fsp3) is 0.200. The molecular weight excluding hydrogens is 226 g/mol. The van der Waals surface area contributed by atoms with Gasteiger partial charge >= 0.3 is 12.0 Å². The average Bonchev–Trinajstić information content (AvgIpc) is 2.20. The minimum Gasteiger partial charge on any atom is -0.508 e. The molecule has 1 aromatic carbocycles. The first-order chi connectivity index (χ1) is 7.82. The van der Waals surface area contributed by atoms with E-state index in [0.29, 0.717) is 0 Å². The minimum atomic E-state index is -1.02. The van der Waals surface area contributed by atoms with Crippen LogP contribution >= 0.6 is 0 Å². The van der Waals surface area contributed by atoms with E-state index < -0.39 is 18.0 Å². The van der Waals surface area contributed by atoms with Crippen LogP contribution in [0.3, 0.4) is 0 Å². The Morgan fingerprint density at radius 3 is 1.94 bits per heavy atom. The van der Waals surface area contributed by atoms with Crippen LogP contribution in [0.25, 0.3) is 0 Å². The van der Waals surface area contributed by atoms with E-state index in [0.717, 1.165) is 5.56 Å². The van der Waals surface area contributed by atoms with Crippen molar-refractivity contribution in [2.24, 2.45) is 17.2 Å². The third-order valence-corrected chi connectivity index (χ3v) is 1.71. The van der Waals surface area contributed by atoms with Crippen molar-refractivity contribution in [2.45, 2.75) is 12.5 Å². The van der Waals surface area contributed by atoms with Crippen LogP contribution in [0.5, 0.6) is 5.75 Å². The number of phenolic OH excluding ortho intramolecular Hbond substituents is 1. The van der Waals surface area contributed by atoms with Crippen LogP contribution < -0.4 is 17.2 Å². The number of carbonyl (C=O) groups is 2. The molecule has 94 valence electrons. The van der Waals surface area contributed by atoms with Gasteiger partial charge in [-0.1, -0.05) is 12.1 Å². The van der Waals surface area contributed by atoms with Gasteiger partial charge < -0.3 is 27.4 Å². The van der Waals surface area contributed by atoms with E-state index in [1.807, 2.05) is 0 Å². The molecule has 17 heavy (non-hydrogen) atoms. The minimum absolute atomic E-state index is 0.160. The first-order valence-electron chi connectivity index (χ1n) is 4.64. The molecule has 0 aliphatic rings. The number of urea groups is 1. The molecule has 0 saturated carbocycles. The third kappa shape index (κ3) is 7.63. The summed E-state index contributed by atoms with van der Waals surface area (Å²) < 4.78 is 0. The molecule has 0 fully saturated rings. The van der Waals surface area contributed by atoms with Gasteiger partial charge in [0.1, 0.15) is 11.8 Å². The highest BCUT2D eigenvalue weighted by molar-refractivity contribution is 5.73. The third-order valence-electron chi connectivity index (χ3n) is 1.71. The molecular formula is C10H15N3O4. The number of aromatic hydroxyl groups is 1. The molecule has 1 rings (SSSR count). The number of hydrogen-bond acceptors (Lipinski definition) is 4. The highest BCUT2D eigenvalue weighted by Crippen LogP contribution is 2.10. The predicted octanol–water partition coefficient (Wildman–Crippen LogP) is -0.630. The Kier molecular flexibility index (Phi) is 6.12. The Hall–Kier alpha value is -2.28. The quantitative estimate of drug-likeness (QED) is 0.477. The summed E-state index contributed by atoms with van der Waals surface area (Å²) in [6.45, 7) is 0. The van der Waals surface area contributed by atoms with Gasteiger partial charge in [0.25, 0.3) is 0 Å². The smallest absolute Gasteiger partial charge is 0.320 e. The maximum absolute atomic E-state index is 10.4. The predicted molar refractivity (Wildman–Crippen MR) is 61.2 cm³/mol. The van der Waals surface area contributed by atoms with Crippen LogP contribution in [0.2, 0.25) is 0 Å². The zero-order valence-corrected chi connectivity index (χ0v) is 9.04. The number of nitrogens with two attached hydrogens (primary N) is 3. The molecule has 0 spiro atoms. The summed E-state index contributed by atoms with van der Waals surface area (Å²) in [4.78, 5) is 19.4. The van der Waals surface area contributed by atoms with Crippen LogP contribution in [0.4, 0.5) is 4.79 Å². The number of aliphatic carboxylic acids is 1. The Bertz CT molecular complexity index is 374. The molecule has 7 heteroatoms. The Morgan fingerprint density at radius 1 is 1.18 bits per heavy atom. The molecule has 8 N–H and O–H groups in total. The van der Waals surface area contributed by atoms with Crippen molar-refractivity contribution in [1.82, 2.24) is 0 Å². The monoisotopic (exact) mass is 241 g/mol. The lowest BCUT2D eigenvalue weighted by Gasteiger charge is -2.05. The molecule has 0 radical (unpaired) electrons. The van der Waals surface area contributed by atoms with Gasteiger partial charge in [0, 0.05) is 0 Å². The van der Waals surface area contributed by atoms with Crippen molar-refractivity contribution in [3.63, 3.8) is 0 Å². The second-order valence-electron chi connectivity index (χ2n) is 3.22. The van der Waals surface area contributed by atoms with Crippen molar-refractivity contribution in [1.29, 1.82) is 0 Å². The van der Waals surface area contributed by atoms with Gasteiger partial charge in [-0.3, -0.25) is 4.79 Å². The van der Waals surface area contributed by atoms with Gasteiger partial charge in [0.15, 0.2) is 0 Å². The Balaban J connectivity index is 0.000000557. The van der Waals surface area contributed by atoms with Crippen molar-refractivity contribution in [3.05, 3.63) is 29.8 Å². The fourth-order valence-corrected chi connectivity index (χ4v) is 0.973. The number of rotatable bonds is 3. The van der Waals surface area contributed by atoms with Crippen LogP contribution in [0.15, 0.2) is 24.3 Å². The Morgan fingerprint density at radius 2 is 1.59 bits per heavy atom. The first kappa shape index (κ1) is 14.7. The van der Waals surface area contributed by atoms with Gasteiger partial charge in [0.05, 0.1) is 0 Å². The van der Waals surface area contributed by atoms with Crippen LogP contribution in [-0.2, 0) is 11.2 Å². The van der Waals surface area contributed by atoms with E-state index in [4.69, 9.17) is 20.7 Å². The van der Waals surface area contributed by atoms with Crippen LogP contribution in [0.1, 0.15) is 5.56 Å². The maximum Gasteiger partial charge on any atom is 0.320 e. The van der Waals surface area contributed by atoms with Crippen molar-refractivity contribution in [3.8, 4) is 5.75 Å². The highest BCUT2D eigenvalue weighted by Gasteiger charge is 2.11. The van der Waals surface area contributed by atoms with E-state index in [-0.39, 0.29) is 12.2 Å². The Labute approximate surface area is 97.8 Å². The highest BCUT2D eigenvalue weighted by atomic mass is 16.4. The van der Waals surface area contributed by atoms with Crippen LogP contribution in [0, 0.1) is 0 Å².